The number of methoxy groups -OCH3 is 1. The first-order valence-corrected chi connectivity index (χ1v) is 4.68. The number of aldehydes is 1. The van der Waals surface area contributed by atoms with Crippen LogP contribution in [0.4, 0.5) is 0 Å². The van der Waals surface area contributed by atoms with E-state index in [-0.39, 0.29) is 18.1 Å². The van der Waals surface area contributed by atoms with E-state index in [1.54, 1.807) is 0 Å². The lowest BCUT2D eigenvalue weighted by Crippen LogP contribution is -1.90. The van der Waals surface area contributed by atoms with Gasteiger partial charge in [0.1, 0.15) is 6.29 Å². The van der Waals surface area contributed by atoms with Crippen molar-refractivity contribution in [1.29, 1.82) is 0 Å². The molecule has 0 spiro atoms. The van der Waals surface area contributed by atoms with Crippen molar-refractivity contribution in [3.63, 3.8) is 0 Å². The normalized spacial score (nSPS) is 9.12. The van der Waals surface area contributed by atoms with Crippen LogP contribution >= 0.6 is 0 Å². The Morgan fingerprint density at radius 2 is 2.25 bits per heavy atom. The molecule has 0 aromatic heterocycles. The van der Waals surface area contributed by atoms with Crippen LogP contribution in [-0.2, 0) is 0 Å². The molecule has 4 heteroatoms. The van der Waals surface area contributed by atoms with Gasteiger partial charge >= 0.3 is 0 Å². The number of benzene rings is 1. The summed E-state index contributed by atoms with van der Waals surface area (Å²) in [5.41, 5.74) is 0.692. The molecular formula is C12H12O4. The molecule has 0 heterocycles. The van der Waals surface area contributed by atoms with Crippen molar-refractivity contribution >= 4 is 6.29 Å². The molecule has 0 amide bonds. The number of aliphatic hydroxyl groups is 1. The average molecular weight is 220 g/mol. The Hall–Kier alpha value is -1.99. The highest BCUT2D eigenvalue weighted by Gasteiger charge is 2.08. The van der Waals surface area contributed by atoms with E-state index in [0.29, 0.717) is 23.8 Å². The van der Waals surface area contributed by atoms with Crippen LogP contribution in [0.3, 0.4) is 0 Å². The maximum Gasteiger partial charge on any atom is 0.173 e. The van der Waals surface area contributed by atoms with Gasteiger partial charge in [-0.15, -0.1) is 0 Å². The van der Waals surface area contributed by atoms with Crippen molar-refractivity contribution in [2.24, 2.45) is 0 Å². The zero-order valence-electron chi connectivity index (χ0n) is 8.86. The number of rotatable bonds is 3. The van der Waals surface area contributed by atoms with Crippen molar-refractivity contribution in [1.82, 2.24) is 0 Å². The summed E-state index contributed by atoms with van der Waals surface area (Å²) in [6.45, 7) is -0.0434. The van der Waals surface area contributed by atoms with E-state index in [1.807, 2.05) is 0 Å². The van der Waals surface area contributed by atoms with Crippen LogP contribution in [0.1, 0.15) is 22.3 Å². The van der Waals surface area contributed by atoms with Gasteiger partial charge in [0.25, 0.3) is 0 Å². The number of ether oxygens (including phenoxy) is 1. The first-order chi connectivity index (χ1) is 7.72. The summed E-state index contributed by atoms with van der Waals surface area (Å²) in [4.78, 5) is 10.6. The van der Waals surface area contributed by atoms with Gasteiger partial charge in [-0.05, 0) is 12.1 Å². The number of hydrogen-bond acceptors (Lipinski definition) is 4. The third-order valence-electron chi connectivity index (χ3n) is 1.91. The second-order valence-electron chi connectivity index (χ2n) is 3.01. The number of aromatic hydroxyl groups is 1. The highest BCUT2D eigenvalue weighted by atomic mass is 16.5. The lowest BCUT2D eigenvalue weighted by molar-refractivity contribution is 0.112. The molecule has 0 unspecified atom stereocenters. The molecule has 1 rings (SSSR count). The molecule has 84 valence electrons. The summed E-state index contributed by atoms with van der Waals surface area (Å²) in [6, 6.07) is 2.90. The first-order valence-electron chi connectivity index (χ1n) is 4.68. The van der Waals surface area contributed by atoms with Gasteiger partial charge in [-0.1, -0.05) is 11.8 Å². The van der Waals surface area contributed by atoms with Gasteiger partial charge < -0.3 is 14.9 Å². The fourth-order valence-electron chi connectivity index (χ4n) is 1.16. The maximum atomic E-state index is 10.6. The molecule has 0 saturated carbocycles. The number of carbonyl (C=O) groups excluding carboxylic acids is 1. The highest BCUT2D eigenvalue weighted by molar-refractivity contribution is 5.78. The molecule has 0 fully saturated rings. The molecule has 0 aliphatic heterocycles. The van der Waals surface area contributed by atoms with Crippen LogP contribution in [0.2, 0.25) is 0 Å². The quantitative estimate of drug-likeness (QED) is 0.588. The van der Waals surface area contributed by atoms with Crippen LogP contribution in [0.25, 0.3) is 0 Å². The Morgan fingerprint density at radius 1 is 1.50 bits per heavy atom. The fourth-order valence-corrected chi connectivity index (χ4v) is 1.16. The van der Waals surface area contributed by atoms with Gasteiger partial charge in [0.15, 0.2) is 11.5 Å². The van der Waals surface area contributed by atoms with E-state index < -0.39 is 0 Å². The van der Waals surface area contributed by atoms with E-state index in [1.165, 1.54) is 19.2 Å². The van der Waals surface area contributed by atoms with Gasteiger partial charge in [-0.3, -0.25) is 4.79 Å². The van der Waals surface area contributed by atoms with E-state index >= 15 is 0 Å². The Kier molecular flexibility index (Phi) is 4.37. The van der Waals surface area contributed by atoms with E-state index in [4.69, 9.17) is 9.84 Å². The molecule has 4 nitrogen and oxygen atoms in total. The largest absolute Gasteiger partial charge is 0.503 e. The van der Waals surface area contributed by atoms with Crippen molar-refractivity contribution in [3.8, 4) is 23.3 Å². The van der Waals surface area contributed by atoms with E-state index in [0.717, 1.165) is 0 Å². The number of carbonyl (C=O) groups is 1. The van der Waals surface area contributed by atoms with Crippen LogP contribution in [-0.4, -0.2) is 30.2 Å². The number of hydrogen-bond donors (Lipinski definition) is 2. The third-order valence-corrected chi connectivity index (χ3v) is 1.91. The highest BCUT2D eigenvalue weighted by Crippen LogP contribution is 2.30. The van der Waals surface area contributed by atoms with Crippen LogP contribution < -0.4 is 4.74 Å². The van der Waals surface area contributed by atoms with Crippen LogP contribution in [0.5, 0.6) is 11.5 Å². The number of aliphatic hydroxyl groups excluding tert-OH is 1. The molecule has 0 saturated heterocycles. The fraction of sp³-hybridized carbons (Fsp3) is 0.250. The predicted octanol–water partition coefficient (Wildman–Crippen LogP) is 0.947. The maximum absolute atomic E-state index is 10.6. The Labute approximate surface area is 93.5 Å². The molecule has 0 atom stereocenters. The molecule has 0 aliphatic carbocycles. The molecule has 0 aliphatic rings. The summed E-state index contributed by atoms with van der Waals surface area (Å²) in [7, 11) is 1.40. The molecule has 16 heavy (non-hydrogen) atoms. The van der Waals surface area contributed by atoms with E-state index in [9.17, 15) is 9.90 Å². The predicted molar refractivity (Wildman–Crippen MR) is 58.6 cm³/mol. The average Bonchev–Trinajstić information content (AvgIpc) is 2.31. The minimum atomic E-state index is -0.0986. The summed E-state index contributed by atoms with van der Waals surface area (Å²) in [5, 5.41) is 18.3. The lowest BCUT2D eigenvalue weighted by Gasteiger charge is -2.05. The second-order valence-corrected chi connectivity index (χ2v) is 3.01. The SMILES string of the molecule is COc1cc(C=O)cc(C#CCCO)c1O. The van der Waals surface area contributed by atoms with Gasteiger partial charge in [0.05, 0.1) is 19.3 Å². The van der Waals surface area contributed by atoms with Gasteiger partial charge in [0, 0.05) is 12.0 Å². The van der Waals surface area contributed by atoms with Gasteiger partial charge in [-0.2, -0.15) is 0 Å². The molecule has 2 N–H and O–H groups in total. The zero-order valence-corrected chi connectivity index (χ0v) is 8.86. The smallest absolute Gasteiger partial charge is 0.173 e. The third kappa shape index (κ3) is 2.75. The van der Waals surface area contributed by atoms with Crippen molar-refractivity contribution < 1.29 is 19.7 Å². The minimum absolute atomic E-state index is 0.0434. The van der Waals surface area contributed by atoms with E-state index in [2.05, 4.69) is 11.8 Å². The summed E-state index contributed by atoms with van der Waals surface area (Å²) in [6.07, 6.45) is 0.965. The van der Waals surface area contributed by atoms with Crippen molar-refractivity contribution in [2.75, 3.05) is 13.7 Å². The first kappa shape index (κ1) is 12.1. The minimum Gasteiger partial charge on any atom is -0.503 e. The summed E-state index contributed by atoms with van der Waals surface area (Å²) < 4.78 is 4.91. The second kappa shape index (κ2) is 5.79. The molecule has 0 radical (unpaired) electrons. The van der Waals surface area contributed by atoms with Crippen molar-refractivity contribution in [2.45, 2.75) is 6.42 Å². The van der Waals surface area contributed by atoms with Gasteiger partial charge in [0.2, 0.25) is 0 Å². The number of phenolic OH excluding ortho intramolecular Hbond substituents is 1. The Balaban J connectivity index is 3.17. The van der Waals surface area contributed by atoms with Crippen molar-refractivity contribution in [3.05, 3.63) is 23.3 Å². The number of phenols is 1. The van der Waals surface area contributed by atoms with Gasteiger partial charge in [-0.25, -0.2) is 0 Å². The monoisotopic (exact) mass is 220 g/mol. The lowest BCUT2D eigenvalue weighted by atomic mass is 10.1. The van der Waals surface area contributed by atoms with Crippen LogP contribution in [0, 0.1) is 11.8 Å². The van der Waals surface area contributed by atoms with Crippen LogP contribution in [0.15, 0.2) is 12.1 Å². The zero-order chi connectivity index (χ0) is 12.0. The summed E-state index contributed by atoms with van der Waals surface area (Å²) >= 11 is 0. The standard InChI is InChI=1S/C12H12O4/c1-16-11-7-9(8-14)6-10(12(11)15)4-2-3-5-13/h6-8,13,15H,3,5H2,1H3. The molecule has 0 bridgehead atoms. The Bertz CT molecular complexity index is 440. The molecule has 1 aromatic rings. The topological polar surface area (TPSA) is 66.8 Å². The molecular weight excluding hydrogens is 208 g/mol. The molecule has 1 aromatic carbocycles. The Morgan fingerprint density at radius 3 is 2.81 bits per heavy atom. The summed E-state index contributed by atoms with van der Waals surface area (Å²) in [5.74, 6) is 5.44.